The van der Waals surface area contributed by atoms with Gasteiger partial charge < -0.3 is 14.8 Å². The molecule has 1 fully saturated rings. The maximum atomic E-state index is 5.80. The molecule has 0 aromatic carbocycles. The van der Waals surface area contributed by atoms with E-state index in [9.17, 15) is 0 Å². The average Bonchev–Trinajstić information content (AvgIpc) is 2.53. The van der Waals surface area contributed by atoms with Crippen LogP contribution in [0.3, 0.4) is 0 Å². The van der Waals surface area contributed by atoms with Crippen molar-refractivity contribution in [3.8, 4) is 0 Å². The Morgan fingerprint density at radius 3 is 2.71 bits per heavy atom. The lowest BCUT2D eigenvalue weighted by molar-refractivity contribution is -0.000834. The molecule has 1 aliphatic heterocycles. The van der Waals surface area contributed by atoms with Crippen molar-refractivity contribution in [1.82, 2.24) is 5.32 Å². The van der Waals surface area contributed by atoms with Crippen molar-refractivity contribution in [2.45, 2.75) is 38.9 Å². The summed E-state index contributed by atoms with van der Waals surface area (Å²) in [7, 11) is 1.73. The fourth-order valence-electron chi connectivity index (χ4n) is 1.77. The number of nitrogens with one attached hydrogen (secondary N) is 1. The lowest BCUT2D eigenvalue weighted by atomic mass is 10.2. The van der Waals surface area contributed by atoms with Gasteiger partial charge in [-0.2, -0.15) is 0 Å². The van der Waals surface area contributed by atoms with Crippen molar-refractivity contribution >= 4 is 0 Å². The van der Waals surface area contributed by atoms with E-state index in [-0.39, 0.29) is 0 Å². The van der Waals surface area contributed by atoms with E-state index in [1.54, 1.807) is 7.11 Å². The molecular weight excluding hydrogens is 178 g/mol. The first kappa shape index (κ1) is 12.0. The Labute approximate surface area is 87.2 Å². The first-order valence-electron chi connectivity index (χ1n) is 5.57. The molecule has 0 amide bonds. The summed E-state index contributed by atoms with van der Waals surface area (Å²) < 4.78 is 10.9. The minimum Gasteiger partial charge on any atom is -0.382 e. The Hall–Kier alpha value is -0.120. The number of hydrogen-bond donors (Lipinski definition) is 1. The molecule has 2 atom stereocenters. The zero-order valence-electron chi connectivity index (χ0n) is 9.58. The van der Waals surface area contributed by atoms with E-state index in [1.807, 2.05) is 0 Å². The Morgan fingerprint density at radius 1 is 1.36 bits per heavy atom. The molecule has 84 valence electrons. The third-order valence-electron chi connectivity index (χ3n) is 2.47. The van der Waals surface area contributed by atoms with Crippen LogP contribution in [-0.4, -0.2) is 39.0 Å². The van der Waals surface area contributed by atoms with Crippen LogP contribution < -0.4 is 5.32 Å². The SMILES string of the molecule is COCC1CCC(CNCC(C)C)O1. The van der Waals surface area contributed by atoms with E-state index in [1.165, 1.54) is 6.42 Å². The van der Waals surface area contributed by atoms with E-state index in [4.69, 9.17) is 9.47 Å². The van der Waals surface area contributed by atoms with Crippen LogP contribution in [0, 0.1) is 5.92 Å². The maximum absolute atomic E-state index is 5.80. The van der Waals surface area contributed by atoms with Gasteiger partial charge in [0.2, 0.25) is 0 Å². The predicted molar refractivity (Wildman–Crippen MR) is 57.5 cm³/mol. The lowest BCUT2D eigenvalue weighted by Gasteiger charge is -2.14. The van der Waals surface area contributed by atoms with Gasteiger partial charge in [-0.1, -0.05) is 13.8 Å². The monoisotopic (exact) mass is 201 g/mol. The zero-order valence-corrected chi connectivity index (χ0v) is 9.58. The quantitative estimate of drug-likeness (QED) is 0.705. The fraction of sp³-hybridized carbons (Fsp3) is 1.00. The lowest BCUT2D eigenvalue weighted by Crippen LogP contribution is -2.30. The summed E-state index contributed by atoms with van der Waals surface area (Å²) in [4.78, 5) is 0. The second-order valence-corrected chi connectivity index (χ2v) is 4.46. The van der Waals surface area contributed by atoms with Gasteiger partial charge in [0.25, 0.3) is 0 Å². The van der Waals surface area contributed by atoms with Crippen LogP contribution in [0.2, 0.25) is 0 Å². The zero-order chi connectivity index (χ0) is 10.4. The Bertz CT molecular complexity index is 150. The number of methoxy groups -OCH3 is 1. The molecule has 0 aromatic heterocycles. The molecule has 0 bridgehead atoms. The molecule has 1 saturated heterocycles. The van der Waals surface area contributed by atoms with E-state index < -0.39 is 0 Å². The molecule has 3 heteroatoms. The van der Waals surface area contributed by atoms with Crippen molar-refractivity contribution in [3.63, 3.8) is 0 Å². The molecule has 0 radical (unpaired) electrons. The molecule has 3 nitrogen and oxygen atoms in total. The Morgan fingerprint density at radius 2 is 2.07 bits per heavy atom. The van der Waals surface area contributed by atoms with Crippen LogP contribution in [0.15, 0.2) is 0 Å². The highest BCUT2D eigenvalue weighted by Gasteiger charge is 2.24. The van der Waals surface area contributed by atoms with Crippen molar-refractivity contribution in [3.05, 3.63) is 0 Å². The highest BCUT2D eigenvalue weighted by molar-refractivity contribution is 4.75. The van der Waals surface area contributed by atoms with Gasteiger partial charge >= 0.3 is 0 Å². The van der Waals surface area contributed by atoms with Gasteiger partial charge in [-0.3, -0.25) is 0 Å². The molecule has 2 unspecified atom stereocenters. The average molecular weight is 201 g/mol. The van der Waals surface area contributed by atoms with Gasteiger partial charge in [0.1, 0.15) is 0 Å². The smallest absolute Gasteiger partial charge is 0.0813 e. The van der Waals surface area contributed by atoms with Gasteiger partial charge in [0.15, 0.2) is 0 Å². The van der Waals surface area contributed by atoms with Gasteiger partial charge in [-0.25, -0.2) is 0 Å². The van der Waals surface area contributed by atoms with Crippen molar-refractivity contribution in [2.24, 2.45) is 5.92 Å². The minimum absolute atomic E-state index is 0.325. The topological polar surface area (TPSA) is 30.5 Å². The predicted octanol–water partition coefficient (Wildman–Crippen LogP) is 1.43. The van der Waals surface area contributed by atoms with Crippen molar-refractivity contribution in [2.75, 3.05) is 26.8 Å². The van der Waals surface area contributed by atoms with Crippen molar-refractivity contribution in [1.29, 1.82) is 0 Å². The summed E-state index contributed by atoms with van der Waals surface area (Å²) in [6, 6.07) is 0. The third-order valence-corrected chi connectivity index (χ3v) is 2.47. The normalized spacial score (nSPS) is 27.4. The van der Waals surface area contributed by atoms with E-state index >= 15 is 0 Å². The molecule has 0 saturated carbocycles. The maximum Gasteiger partial charge on any atom is 0.0813 e. The highest BCUT2D eigenvalue weighted by Crippen LogP contribution is 2.19. The number of hydrogen-bond acceptors (Lipinski definition) is 3. The molecule has 0 spiro atoms. The summed E-state index contributed by atoms with van der Waals surface area (Å²) in [5, 5.41) is 3.42. The van der Waals surface area contributed by atoms with Crippen LogP contribution in [-0.2, 0) is 9.47 Å². The van der Waals surface area contributed by atoms with Gasteiger partial charge in [0.05, 0.1) is 18.8 Å². The molecule has 0 aromatic rings. The third kappa shape index (κ3) is 4.40. The number of rotatable bonds is 6. The van der Waals surface area contributed by atoms with Crippen molar-refractivity contribution < 1.29 is 9.47 Å². The molecule has 14 heavy (non-hydrogen) atoms. The second-order valence-electron chi connectivity index (χ2n) is 4.46. The summed E-state index contributed by atoms with van der Waals surface area (Å²) in [5.41, 5.74) is 0. The molecule has 1 aliphatic rings. The summed E-state index contributed by atoms with van der Waals surface area (Å²) in [5.74, 6) is 0.714. The summed E-state index contributed by atoms with van der Waals surface area (Å²) in [6.07, 6.45) is 3.03. The Balaban J connectivity index is 2.04. The molecular formula is C11H23NO2. The summed E-state index contributed by atoms with van der Waals surface area (Å²) >= 11 is 0. The molecule has 1 rings (SSSR count). The first-order chi connectivity index (χ1) is 6.72. The number of ether oxygens (including phenoxy) is 2. The minimum atomic E-state index is 0.325. The molecule has 0 aliphatic carbocycles. The molecule has 1 N–H and O–H groups in total. The van der Waals surface area contributed by atoms with Gasteiger partial charge in [0, 0.05) is 13.7 Å². The van der Waals surface area contributed by atoms with Crippen LogP contribution in [0.5, 0.6) is 0 Å². The summed E-state index contributed by atoms with van der Waals surface area (Å²) in [6.45, 7) is 7.24. The Kier molecular flexibility index (Phi) is 5.45. The first-order valence-corrected chi connectivity index (χ1v) is 5.57. The van der Waals surface area contributed by atoms with Crippen LogP contribution in [0.25, 0.3) is 0 Å². The largest absolute Gasteiger partial charge is 0.382 e. The van der Waals surface area contributed by atoms with E-state index in [0.29, 0.717) is 18.1 Å². The standard InChI is InChI=1S/C11H23NO2/c1-9(2)6-12-7-10-4-5-11(14-10)8-13-3/h9-12H,4-8H2,1-3H3. The highest BCUT2D eigenvalue weighted by atomic mass is 16.5. The van der Waals surface area contributed by atoms with Crippen LogP contribution in [0.1, 0.15) is 26.7 Å². The van der Waals surface area contributed by atoms with E-state index in [2.05, 4.69) is 19.2 Å². The van der Waals surface area contributed by atoms with E-state index in [0.717, 1.165) is 26.1 Å². The van der Waals surface area contributed by atoms with Crippen LogP contribution in [0.4, 0.5) is 0 Å². The molecule has 1 heterocycles. The fourth-order valence-corrected chi connectivity index (χ4v) is 1.77. The van der Waals surface area contributed by atoms with Crippen LogP contribution >= 0.6 is 0 Å². The second kappa shape index (κ2) is 6.38. The van der Waals surface area contributed by atoms with Gasteiger partial charge in [-0.05, 0) is 25.3 Å². The van der Waals surface area contributed by atoms with Gasteiger partial charge in [-0.15, -0.1) is 0 Å².